The first-order valence-corrected chi connectivity index (χ1v) is 12.0. The van der Waals surface area contributed by atoms with Crippen LogP contribution >= 0.6 is 0 Å². The Bertz CT molecular complexity index is 1490. The van der Waals surface area contributed by atoms with Crippen LogP contribution in [0.1, 0.15) is 27.0 Å². The number of rotatable bonds is 3. The van der Waals surface area contributed by atoms with Crippen molar-refractivity contribution in [3.63, 3.8) is 0 Å². The minimum Gasteiger partial charge on any atom is -0.462 e. The zero-order valence-electron chi connectivity index (χ0n) is 17.4. The number of sulfonamides is 1. The van der Waals surface area contributed by atoms with Gasteiger partial charge in [0.1, 0.15) is 0 Å². The number of amides is 1. The maximum atomic E-state index is 13.5. The van der Waals surface area contributed by atoms with Crippen LogP contribution in [0.15, 0.2) is 59.8 Å². The number of hydrogen-bond acceptors (Lipinski definition) is 5. The Labute approximate surface area is 190 Å². The average Bonchev–Trinajstić information content (AvgIpc) is 3.50. The molecule has 0 unspecified atom stereocenters. The third-order valence-corrected chi connectivity index (χ3v) is 8.05. The second-order valence-electron chi connectivity index (χ2n) is 8.19. The maximum Gasteiger partial charge on any atom is 0.339 e. The molecular weight excluding hydrogens is 442 g/mol. The van der Waals surface area contributed by atoms with Crippen molar-refractivity contribution in [2.75, 3.05) is 22.8 Å². The minimum atomic E-state index is -3.80. The maximum absolute atomic E-state index is 13.5. The summed E-state index contributed by atoms with van der Waals surface area (Å²) in [7, 11) is -3.80. The second kappa shape index (κ2) is 7.08. The summed E-state index contributed by atoms with van der Waals surface area (Å²) in [5, 5.41) is 2.78. The number of carbonyl (C=O) groups is 2. The van der Waals surface area contributed by atoms with Gasteiger partial charge in [0.15, 0.2) is 0 Å². The summed E-state index contributed by atoms with van der Waals surface area (Å²) in [6.07, 6.45) is 6.28. The smallest absolute Gasteiger partial charge is 0.339 e. The summed E-state index contributed by atoms with van der Waals surface area (Å²) in [6.45, 7) is 0.709. The lowest BCUT2D eigenvalue weighted by atomic mass is 10.1. The molecule has 4 heterocycles. The molecule has 1 aromatic heterocycles. The fourth-order valence-electron chi connectivity index (χ4n) is 4.60. The van der Waals surface area contributed by atoms with Crippen molar-refractivity contribution in [2.45, 2.75) is 17.7 Å². The summed E-state index contributed by atoms with van der Waals surface area (Å²) in [4.78, 5) is 24.8. The van der Waals surface area contributed by atoms with Gasteiger partial charge in [0, 0.05) is 42.8 Å². The molecule has 2 aromatic carbocycles. The Kier molecular flexibility index (Phi) is 4.25. The molecule has 0 aliphatic carbocycles. The fraction of sp³-hybridized carbons (Fsp3) is 0.167. The van der Waals surface area contributed by atoms with Gasteiger partial charge >= 0.3 is 5.97 Å². The van der Waals surface area contributed by atoms with Crippen molar-refractivity contribution >= 4 is 45.0 Å². The lowest BCUT2D eigenvalue weighted by molar-refractivity contribution is -0.110. The third-order valence-electron chi connectivity index (χ3n) is 6.24. The lowest BCUT2D eigenvalue weighted by Gasteiger charge is -2.20. The topological polar surface area (TPSA) is 97.7 Å². The normalized spacial score (nSPS) is 18.1. The highest BCUT2D eigenvalue weighted by Gasteiger charge is 2.33. The number of ether oxygens (including phenoxy) is 1. The molecule has 0 spiro atoms. The van der Waals surface area contributed by atoms with Crippen LogP contribution in [0.25, 0.3) is 11.8 Å². The van der Waals surface area contributed by atoms with Crippen LogP contribution in [0.5, 0.6) is 0 Å². The molecule has 3 aliphatic heterocycles. The van der Waals surface area contributed by atoms with E-state index >= 15 is 0 Å². The van der Waals surface area contributed by atoms with E-state index < -0.39 is 10.0 Å². The van der Waals surface area contributed by atoms with Crippen molar-refractivity contribution in [1.29, 1.82) is 0 Å². The number of cyclic esters (lactones) is 1. The van der Waals surface area contributed by atoms with Crippen molar-refractivity contribution < 1.29 is 22.7 Å². The van der Waals surface area contributed by atoms with Gasteiger partial charge in [0.05, 0.1) is 28.3 Å². The van der Waals surface area contributed by atoms with Gasteiger partial charge in [-0.1, -0.05) is 18.2 Å². The molecule has 3 aliphatic rings. The molecule has 166 valence electrons. The largest absolute Gasteiger partial charge is 0.462 e. The van der Waals surface area contributed by atoms with Crippen LogP contribution in [-0.4, -0.2) is 38.0 Å². The van der Waals surface area contributed by atoms with E-state index in [4.69, 9.17) is 4.74 Å². The molecule has 33 heavy (non-hydrogen) atoms. The van der Waals surface area contributed by atoms with E-state index in [0.29, 0.717) is 54.1 Å². The minimum absolute atomic E-state index is 0.121. The van der Waals surface area contributed by atoms with Crippen LogP contribution < -0.4 is 9.62 Å². The van der Waals surface area contributed by atoms with E-state index in [9.17, 15) is 18.0 Å². The molecule has 0 saturated heterocycles. The van der Waals surface area contributed by atoms with Crippen molar-refractivity contribution in [3.05, 3.63) is 77.1 Å². The van der Waals surface area contributed by atoms with Crippen LogP contribution in [0, 0.1) is 0 Å². The SMILES string of the molecule is O=C1Nc2ccc(S(=O)(=O)N3CCc4ccccc43)cc2C1=Cn1cc2c(c1)C(=O)OCC2. The molecule has 1 N–H and O–H groups in total. The van der Waals surface area contributed by atoms with E-state index in [1.165, 1.54) is 16.4 Å². The lowest BCUT2D eigenvalue weighted by Crippen LogP contribution is -2.29. The highest BCUT2D eigenvalue weighted by atomic mass is 32.2. The van der Waals surface area contributed by atoms with Gasteiger partial charge in [0.2, 0.25) is 0 Å². The zero-order valence-corrected chi connectivity index (χ0v) is 18.3. The highest BCUT2D eigenvalue weighted by molar-refractivity contribution is 7.92. The van der Waals surface area contributed by atoms with Gasteiger partial charge in [0.25, 0.3) is 15.9 Å². The zero-order chi connectivity index (χ0) is 22.7. The summed E-state index contributed by atoms with van der Waals surface area (Å²) in [5.74, 6) is -0.718. The Morgan fingerprint density at radius 2 is 1.82 bits per heavy atom. The first-order valence-electron chi connectivity index (χ1n) is 10.6. The first-order chi connectivity index (χ1) is 15.9. The summed E-state index contributed by atoms with van der Waals surface area (Å²) in [5.41, 5.74) is 4.38. The number of hydrogen-bond donors (Lipinski definition) is 1. The van der Waals surface area contributed by atoms with Crippen molar-refractivity contribution in [3.8, 4) is 0 Å². The number of aromatic nitrogens is 1. The Hall–Kier alpha value is -3.85. The van der Waals surface area contributed by atoms with Gasteiger partial charge in [-0.3, -0.25) is 9.10 Å². The molecular formula is C24H19N3O5S. The number of para-hydroxylation sites is 1. The number of carbonyl (C=O) groups excluding carboxylic acids is 2. The van der Waals surface area contributed by atoms with Crippen molar-refractivity contribution in [1.82, 2.24) is 4.57 Å². The molecule has 1 amide bonds. The molecule has 9 heteroatoms. The average molecular weight is 461 g/mol. The molecule has 3 aromatic rings. The quantitative estimate of drug-likeness (QED) is 0.478. The standard InChI is InChI=1S/C24H19N3O5S/c28-23-20(14-26-12-16-8-10-32-24(29)19(16)13-26)18-11-17(5-6-21(18)25-23)33(30,31)27-9-7-15-3-1-2-4-22(15)27/h1-6,11-14H,7-10H2,(H,25,28). The van der Waals surface area contributed by atoms with Gasteiger partial charge < -0.3 is 14.6 Å². The highest BCUT2D eigenvalue weighted by Crippen LogP contribution is 2.37. The Balaban J connectivity index is 1.40. The monoisotopic (exact) mass is 461 g/mol. The Morgan fingerprint density at radius 1 is 0.970 bits per heavy atom. The summed E-state index contributed by atoms with van der Waals surface area (Å²) >= 11 is 0. The number of nitrogens with one attached hydrogen (secondary N) is 1. The van der Waals surface area contributed by atoms with Crippen LogP contribution in [0.3, 0.4) is 0 Å². The van der Waals surface area contributed by atoms with Crippen LogP contribution in [0.4, 0.5) is 11.4 Å². The molecule has 0 fully saturated rings. The van der Waals surface area contributed by atoms with E-state index in [1.54, 1.807) is 29.2 Å². The molecule has 8 nitrogen and oxygen atoms in total. The molecule has 6 rings (SSSR count). The van der Waals surface area contributed by atoms with E-state index in [-0.39, 0.29) is 16.8 Å². The molecule has 0 saturated carbocycles. The van der Waals surface area contributed by atoms with Crippen LogP contribution in [-0.2, 0) is 32.4 Å². The number of benzene rings is 2. The summed E-state index contributed by atoms with van der Waals surface area (Å²) < 4.78 is 35.1. The predicted molar refractivity (Wildman–Crippen MR) is 122 cm³/mol. The number of nitrogens with zero attached hydrogens (tertiary/aromatic N) is 2. The van der Waals surface area contributed by atoms with Gasteiger partial charge in [-0.05, 0) is 41.8 Å². The van der Waals surface area contributed by atoms with Gasteiger partial charge in [-0.25, -0.2) is 13.2 Å². The van der Waals surface area contributed by atoms with E-state index in [0.717, 1.165) is 11.1 Å². The van der Waals surface area contributed by atoms with Crippen molar-refractivity contribution in [2.24, 2.45) is 0 Å². The van der Waals surface area contributed by atoms with E-state index in [2.05, 4.69) is 5.32 Å². The number of esters is 1. The number of anilines is 2. The second-order valence-corrected chi connectivity index (χ2v) is 10.1. The van der Waals surface area contributed by atoms with Gasteiger partial charge in [-0.2, -0.15) is 0 Å². The van der Waals surface area contributed by atoms with Crippen LogP contribution in [0.2, 0.25) is 0 Å². The predicted octanol–water partition coefficient (Wildman–Crippen LogP) is 2.90. The fourth-order valence-corrected chi connectivity index (χ4v) is 6.13. The molecule has 0 bridgehead atoms. The third kappa shape index (κ3) is 3.07. The molecule has 0 atom stereocenters. The first kappa shape index (κ1) is 19.8. The number of fused-ring (bicyclic) bond motifs is 3. The van der Waals surface area contributed by atoms with E-state index in [1.807, 2.05) is 24.3 Å². The van der Waals surface area contributed by atoms with Gasteiger partial charge in [-0.15, -0.1) is 0 Å². The molecule has 0 radical (unpaired) electrons. The summed E-state index contributed by atoms with van der Waals surface area (Å²) in [6, 6.07) is 12.1. The Morgan fingerprint density at radius 3 is 2.67 bits per heavy atom.